The lowest BCUT2D eigenvalue weighted by atomic mass is 9.89. The zero-order chi connectivity index (χ0) is 43.1. The van der Waals surface area contributed by atoms with E-state index in [-0.39, 0.29) is 24.8 Å². The maximum atomic E-state index is 11.9. The second-order valence-electron chi connectivity index (χ2n) is 14.7. The molecule has 12 nitrogen and oxygen atoms in total. The van der Waals surface area contributed by atoms with Crippen LogP contribution in [-0.2, 0) is 35.9 Å². The van der Waals surface area contributed by atoms with Crippen LogP contribution in [0.1, 0.15) is 52.8 Å². The Kier molecular flexibility index (Phi) is 13.7. The normalized spacial score (nSPS) is 12.7. The van der Waals surface area contributed by atoms with E-state index in [1.165, 1.54) is 13.1 Å². The molecule has 0 saturated heterocycles. The monoisotopic (exact) mass is 847 g/mol. The number of carboxylic acid groups (broad SMARTS) is 2. The Morgan fingerprint density at radius 1 is 0.833 bits per heavy atom. The van der Waals surface area contributed by atoms with E-state index in [0.29, 0.717) is 45.3 Å². The van der Waals surface area contributed by atoms with Gasteiger partial charge in [0.25, 0.3) is 0 Å². The number of benzene rings is 4. The molecule has 0 aliphatic rings. The highest BCUT2D eigenvalue weighted by Crippen LogP contribution is 2.38. The third-order valence-corrected chi connectivity index (χ3v) is 11.0. The van der Waals surface area contributed by atoms with Crippen LogP contribution in [-0.4, -0.2) is 55.4 Å². The van der Waals surface area contributed by atoms with Gasteiger partial charge in [-0.25, -0.2) is 0 Å². The molecule has 0 aliphatic carbocycles. The number of nitrogens with one attached hydrogen (secondary N) is 2. The highest BCUT2D eigenvalue weighted by molar-refractivity contribution is 6.35. The van der Waals surface area contributed by atoms with Crippen molar-refractivity contribution in [2.24, 2.45) is 0 Å². The Labute approximate surface area is 357 Å². The predicted octanol–water partition coefficient (Wildman–Crippen LogP) is 8.41. The molecule has 0 amide bonds. The fourth-order valence-corrected chi connectivity index (χ4v) is 7.17. The van der Waals surface area contributed by atoms with Crippen LogP contribution >= 0.6 is 23.2 Å². The first-order valence-corrected chi connectivity index (χ1v) is 19.7. The number of aliphatic hydroxyl groups excluding tert-OH is 1. The number of fused-ring (bicyclic) bond motifs is 1. The number of carboxylic acids is 2. The van der Waals surface area contributed by atoms with Crippen LogP contribution in [0.4, 0.5) is 0 Å². The van der Waals surface area contributed by atoms with Crippen molar-refractivity contribution in [1.29, 1.82) is 5.26 Å². The van der Waals surface area contributed by atoms with Crippen molar-refractivity contribution in [3.63, 3.8) is 0 Å². The number of aliphatic carboxylic acids is 2. The lowest BCUT2D eigenvalue weighted by molar-refractivity contribution is -0.146. The number of hydrogen-bond acceptors (Lipinski definition) is 10. The van der Waals surface area contributed by atoms with Crippen molar-refractivity contribution in [1.82, 2.24) is 20.6 Å². The van der Waals surface area contributed by atoms with E-state index in [0.717, 1.165) is 49.9 Å². The van der Waals surface area contributed by atoms with Gasteiger partial charge >= 0.3 is 11.9 Å². The number of aliphatic hydroxyl groups is 1. The Hall–Kier alpha value is -6.07. The first-order chi connectivity index (χ1) is 28.7. The number of pyridine rings is 2. The predicted molar refractivity (Wildman–Crippen MR) is 230 cm³/mol. The molecule has 6 rings (SSSR count). The molecule has 6 aromatic rings. The summed E-state index contributed by atoms with van der Waals surface area (Å²) in [7, 11) is 0. The molecular formula is C46H43Cl2N5O7. The number of halogens is 2. The smallest absolute Gasteiger partial charge is 0.326 e. The maximum absolute atomic E-state index is 11.9. The van der Waals surface area contributed by atoms with Gasteiger partial charge in [-0.05, 0) is 97.0 Å². The van der Waals surface area contributed by atoms with Crippen LogP contribution in [0.25, 0.3) is 33.2 Å². The summed E-state index contributed by atoms with van der Waals surface area (Å²) in [5.74, 6) is -1.45. The summed E-state index contributed by atoms with van der Waals surface area (Å²) in [6.45, 7) is 7.00. The molecule has 5 N–H and O–H groups in total. The number of ether oxygens (including phenoxy) is 2. The molecule has 0 spiro atoms. The molecule has 0 aliphatic heterocycles. The minimum Gasteiger partial charge on any atom is -0.488 e. The highest BCUT2D eigenvalue weighted by atomic mass is 35.5. The molecule has 60 heavy (non-hydrogen) atoms. The quantitative estimate of drug-likeness (QED) is 0.0591. The van der Waals surface area contributed by atoms with Crippen LogP contribution in [0, 0.1) is 25.2 Å². The van der Waals surface area contributed by atoms with Crippen LogP contribution in [0.5, 0.6) is 11.5 Å². The average Bonchev–Trinajstić information content (AvgIpc) is 3.24. The molecule has 2 heterocycles. The van der Waals surface area contributed by atoms with Crippen LogP contribution in [0.15, 0.2) is 91.4 Å². The Morgan fingerprint density at radius 3 is 2.27 bits per heavy atom. The van der Waals surface area contributed by atoms with Gasteiger partial charge in [0.05, 0.1) is 27.7 Å². The van der Waals surface area contributed by atoms with Crippen LogP contribution < -0.4 is 20.1 Å². The summed E-state index contributed by atoms with van der Waals surface area (Å²) in [6.07, 6.45) is 4.85. The number of hydrogen-bond donors (Lipinski definition) is 5. The van der Waals surface area contributed by atoms with Gasteiger partial charge in [0, 0.05) is 59.8 Å². The summed E-state index contributed by atoms with van der Waals surface area (Å²) in [5.41, 5.74) is 8.36. The molecule has 0 bridgehead atoms. The Balaban J connectivity index is 1.26. The molecule has 2 atom stereocenters. The topological polar surface area (TPSA) is 187 Å². The summed E-state index contributed by atoms with van der Waals surface area (Å²) >= 11 is 13.4. The number of carbonyl (C=O) groups is 2. The molecule has 0 fully saturated rings. The summed E-state index contributed by atoms with van der Waals surface area (Å²) in [4.78, 5) is 32.0. The average molecular weight is 849 g/mol. The van der Waals surface area contributed by atoms with Gasteiger partial charge in [-0.1, -0.05) is 59.6 Å². The second kappa shape index (κ2) is 18.9. The van der Waals surface area contributed by atoms with E-state index in [1.54, 1.807) is 37.4 Å². The number of nitrogens with zero attached hydrogens (tertiary/aromatic N) is 3. The van der Waals surface area contributed by atoms with Gasteiger partial charge < -0.3 is 30.1 Å². The summed E-state index contributed by atoms with van der Waals surface area (Å²) in [6, 6.07) is 24.3. The maximum Gasteiger partial charge on any atom is 0.326 e. The first kappa shape index (κ1) is 43.5. The zero-order valence-electron chi connectivity index (χ0n) is 33.3. The van der Waals surface area contributed by atoms with E-state index in [1.807, 2.05) is 43.5 Å². The highest BCUT2D eigenvalue weighted by Gasteiger charge is 2.32. The van der Waals surface area contributed by atoms with Crippen molar-refractivity contribution < 1.29 is 34.4 Å². The molecule has 1 unspecified atom stereocenters. The van der Waals surface area contributed by atoms with E-state index in [9.17, 15) is 30.2 Å². The SMILES string of the molecule is Cc1c(COc2cc(OCc3cncc(C#N)c3)c(CN[C@@](C)(CO)C(=O)O)cc2Cl)cccc1-c1cccc(-c2cnc3c(Cl)cc(CNC(C)C(=O)O)cc3c2)c1C. The molecule has 0 saturated carbocycles. The van der Waals surface area contributed by atoms with Crippen LogP contribution in [0.3, 0.4) is 0 Å². The Bertz CT molecular complexity index is 2630. The van der Waals surface area contributed by atoms with Crippen LogP contribution in [0.2, 0.25) is 10.0 Å². The van der Waals surface area contributed by atoms with Crippen molar-refractivity contribution in [2.45, 2.75) is 65.6 Å². The third-order valence-electron chi connectivity index (χ3n) is 10.4. The number of aromatic nitrogens is 2. The molecule has 308 valence electrons. The minimum atomic E-state index is -1.61. The molecular weight excluding hydrogens is 805 g/mol. The third kappa shape index (κ3) is 9.85. The van der Waals surface area contributed by atoms with Crippen molar-refractivity contribution in [3.05, 3.63) is 140 Å². The largest absolute Gasteiger partial charge is 0.488 e. The van der Waals surface area contributed by atoms with E-state index in [4.69, 9.17) is 37.7 Å². The zero-order valence-corrected chi connectivity index (χ0v) is 34.9. The van der Waals surface area contributed by atoms with Crippen molar-refractivity contribution in [3.8, 4) is 39.8 Å². The van der Waals surface area contributed by atoms with Gasteiger partial charge in [-0.3, -0.25) is 24.9 Å². The Morgan fingerprint density at radius 2 is 1.55 bits per heavy atom. The van der Waals surface area contributed by atoms with E-state index < -0.39 is 30.1 Å². The van der Waals surface area contributed by atoms with Gasteiger partial charge in [0.1, 0.15) is 42.4 Å². The van der Waals surface area contributed by atoms with Gasteiger partial charge in [0.15, 0.2) is 0 Å². The fraction of sp³-hybridized carbons (Fsp3) is 0.239. The van der Waals surface area contributed by atoms with E-state index in [2.05, 4.69) is 46.8 Å². The van der Waals surface area contributed by atoms with Crippen molar-refractivity contribution >= 4 is 46.0 Å². The van der Waals surface area contributed by atoms with Gasteiger partial charge in [-0.2, -0.15) is 5.26 Å². The number of nitriles is 1. The van der Waals surface area contributed by atoms with Gasteiger partial charge in [-0.15, -0.1) is 0 Å². The van der Waals surface area contributed by atoms with Gasteiger partial charge in [0.2, 0.25) is 0 Å². The standard InChI is InChI=1S/C46H43Cl2N5O7/c1-26-32(24-60-42-16-41(59-23-31-11-30(17-49)18-50-19-31)35(15-39(42)47)22-53-46(4,25-54)45(57)58)7-5-9-37(26)38-10-6-8-36(27(38)2)34-14-33-12-29(20-51-28(3)44(55)56)13-40(48)43(33)52-21-34/h5-16,18-19,21,28,51,53-54H,20,22-25H2,1-4H3,(H,55,56)(H,57,58)/t28?,46-/m0/s1. The van der Waals surface area contributed by atoms with Crippen molar-refractivity contribution in [2.75, 3.05) is 6.61 Å². The summed E-state index contributed by atoms with van der Waals surface area (Å²) < 4.78 is 12.5. The minimum absolute atomic E-state index is 0.00418. The number of rotatable bonds is 17. The molecule has 0 radical (unpaired) electrons. The molecule has 2 aromatic heterocycles. The van der Waals surface area contributed by atoms with E-state index >= 15 is 0 Å². The first-order valence-electron chi connectivity index (χ1n) is 19.0. The lowest BCUT2D eigenvalue weighted by Crippen LogP contribution is -2.52. The molecule has 14 heteroatoms. The lowest BCUT2D eigenvalue weighted by Gasteiger charge is -2.25. The summed E-state index contributed by atoms with van der Waals surface area (Å²) in [5, 5.41) is 45.6. The molecule has 4 aromatic carbocycles. The fourth-order valence-electron chi connectivity index (χ4n) is 6.64. The second-order valence-corrected chi connectivity index (χ2v) is 15.5.